The van der Waals surface area contributed by atoms with Crippen molar-refractivity contribution >= 4 is 52.8 Å². The van der Waals surface area contributed by atoms with Gasteiger partial charge in [-0.1, -0.05) is 0 Å². The van der Waals surface area contributed by atoms with Gasteiger partial charge >= 0.3 is 0 Å². The molecule has 6 rings (SSSR count). The van der Waals surface area contributed by atoms with Crippen LogP contribution in [-0.2, 0) is 100.0 Å². The van der Waals surface area contributed by atoms with Gasteiger partial charge in [0.1, 0.15) is 146 Å². The zero-order valence-electron chi connectivity index (χ0n) is 78.6. The zero-order valence-corrected chi connectivity index (χ0v) is 78.6. The molecule has 6 aliphatic rings. The van der Waals surface area contributed by atoms with Crippen LogP contribution in [0.5, 0.6) is 0 Å². The van der Waals surface area contributed by atoms with Crippen LogP contribution >= 0.6 is 0 Å². The number of ketones is 3. The molecule has 0 bridgehead atoms. The first-order valence-corrected chi connectivity index (χ1v) is 47.4. The third kappa shape index (κ3) is 44.1. The molecule has 804 valence electrons. The molecular formula is C87H156N6O45. The number of unbranched alkanes of at least 4 members (excludes halogenated alkanes) is 9. The van der Waals surface area contributed by atoms with E-state index in [0.717, 1.165) is 0 Å². The molecule has 31 unspecified atom stereocenters. The molecule has 0 radical (unpaired) electrons. The number of nitrogens with one attached hydrogen (secondary N) is 6. The molecule has 30 N–H and O–H groups in total. The van der Waals surface area contributed by atoms with Crippen molar-refractivity contribution in [3.63, 3.8) is 0 Å². The van der Waals surface area contributed by atoms with E-state index in [0.29, 0.717) is 154 Å². The van der Waals surface area contributed by atoms with Crippen LogP contribution in [-0.4, -0.2) is 477 Å². The van der Waals surface area contributed by atoms with Gasteiger partial charge in [0.15, 0.2) is 55.1 Å². The van der Waals surface area contributed by atoms with E-state index in [9.17, 15) is 166 Å². The van der Waals surface area contributed by atoms with Crippen LogP contribution in [0, 0.1) is 0 Å². The minimum absolute atomic E-state index is 0.0910. The van der Waals surface area contributed by atoms with E-state index in [2.05, 4.69) is 31.9 Å². The first kappa shape index (κ1) is 125. The molecule has 6 aliphatic heterocycles. The Balaban J connectivity index is 0.000000432. The summed E-state index contributed by atoms with van der Waals surface area (Å²) in [4.78, 5) is 109. The summed E-state index contributed by atoms with van der Waals surface area (Å²) in [5.41, 5.74) is 0. The van der Waals surface area contributed by atoms with Crippen molar-refractivity contribution in [1.29, 1.82) is 0 Å². The number of Topliss-reactive ketones (excluding diaryl/α,β-unsaturated/α-hetero) is 3. The fourth-order valence-electron chi connectivity index (χ4n) is 15.1. The number of carbonyl (C=O) groups excluding carboxylic acids is 9. The number of amides is 6. The number of carbonyl (C=O) groups is 9. The van der Waals surface area contributed by atoms with Gasteiger partial charge in [-0.2, -0.15) is 0 Å². The molecule has 6 heterocycles. The van der Waals surface area contributed by atoms with Crippen molar-refractivity contribution in [1.82, 2.24) is 31.9 Å². The standard InChI is InChI=1S/3C29H52N2O15/c3*1-16(34)17(31-21(36)10-4-7-13-44-29-27(42)25(40)23(38)19(15-33)46-29)8-2-5-11-30-20(35)9-3-6-12-43-28-26(41)24(39)22(37)18(14-32)45-28/h3*17-19,22-29,32-33,37-42H,2-15H2,1H3,(H,30,35)(H,31,36)/t2*17-,18?,19?,22?,23?,24?,25?,26?,27?,28?,29?;/m10./s1. The monoisotopic (exact) mass is 2010 g/mol. The van der Waals surface area contributed by atoms with E-state index in [1.165, 1.54) is 20.8 Å². The molecule has 0 aromatic heterocycles. The summed E-state index contributed by atoms with van der Waals surface area (Å²) in [5.74, 6) is -1.98. The van der Waals surface area contributed by atoms with Crippen molar-refractivity contribution in [2.24, 2.45) is 0 Å². The first-order chi connectivity index (χ1) is 65.7. The second kappa shape index (κ2) is 68.6. The summed E-state index contributed by atoms with van der Waals surface area (Å²) in [6.07, 6.45) is -29.3. The summed E-state index contributed by atoms with van der Waals surface area (Å²) in [6.45, 7) is 2.69. The molecule has 51 heteroatoms. The van der Waals surface area contributed by atoms with E-state index < -0.39 is 242 Å². The summed E-state index contributed by atoms with van der Waals surface area (Å²) in [5, 5.41) is 249. The normalized spacial score (nSPS) is 32.1. The summed E-state index contributed by atoms with van der Waals surface area (Å²) in [6, 6.07) is -1.97. The molecule has 33 atom stereocenters. The third-order valence-corrected chi connectivity index (χ3v) is 23.8. The van der Waals surface area contributed by atoms with Crippen molar-refractivity contribution in [3.05, 3.63) is 0 Å². The van der Waals surface area contributed by atoms with Gasteiger partial charge in [0.25, 0.3) is 0 Å². The maximum Gasteiger partial charge on any atom is 0.220 e. The lowest BCUT2D eigenvalue weighted by Gasteiger charge is -2.39. The van der Waals surface area contributed by atoms with Crippen LogP contribution < -0.4 is 31.9 Å². The number of ether oxygens (including phenoxy) is 12. The number of hydrogen-bond donors (Lipinski definition) is 30. The van der Waals surface area contributed by atoms with Crippen LogP contribution in [0.2, 0.25) is 0 Å². The molecule has 0 spiro atoms. The van der Waals surface area contributed by atoms with Crippen molar-refractivity contribution in [3.8, 4) is 0 Å². The lowest BCUT2D eigenvalue weighted by molar-refractivity contribution is -0.301. The van der Waals surface area contributed by atoms with Gasteiger partial charge in [-0.25, -0.2) is 0 Å². The Morgan fingerprint density at radius 2 is 0.377 bits per heavy atom. The highest BCUT2D eigenvalue weighted by Crippen LogP contribution is 2.29. The van der Waals surface area contributed by atoms with Crippen LogP contribution in [0.15, 0.2) is 0 Å². The Morgan fingerprint density at radius 3 is 0.529 bits per heavy atom. The smallest absolute Gasteiger partial charge is 0.220 e. The van der Waals surface area contributed by atoms with Gasteiger partial charge < -0.3 is 211 Å². The van der Waals surface area contributed by atoms with Gasteiger partial charge in [-0.05, 0) is 156 Å². The molecule has 0 aromatic rings. The Bertz CT molecular complexity index is 3070. The van der Waals surface area contributed by atoms with Gasteiger partial charge in [0, 0.05) is 97.8 Å². The van der Waals surface area contributed by atoms with Crippen LogP contribution in [0.25, 0.3) is 0 Å². The van der Waals surface area contributed by atoms with Gasteiger partial charge in [0.05, 0.1) is 57.8 Å². The minimum Gasteiger partial charge on any atom is -0.394 e. The predicted octanol–water partition coefficient (Wildman–Crippen LogP) is -11.0. The maximum absolute atomic E-state index is 12.3. The molecule has 0 aromatic carbocycles. The molecule has 0 aliphatic carbocycles. The number of aliphatic hydroxyl groups is 24. The quantitative estimate of drug-likeness (QED) is 0.0251. The van der Waals surface area contributed by atoms with Crippen LogP contribution in [0.3, 0.4) is 0 Å². The van der Waals surface area contributed by atoms with Crippen molar-refractivity contribution in [2.45, 2.75) is 396 Å². The van der Waals surface area contributed by atoms with E-state index in [1.54, 1.807) is 0 Å². The molecule has 6 saturated heterocycles. The fourth-order valence-corrected chi connectivity index (χ4v) is 15.1. The number of rotatable bonds is 63. The van der Waals surface area contributed by atoms with E-state index in [4.69, 9.17) is 56.8 Å². The molecule has 138 heavy (non-hydrogen) atoms. The van der Waals surface area contributed by atoms with Crippen molar-refractivity contribution < 1.29 is 223 Å². The highest BCUT2D eigenvalue weighted by molar-refractivity contribution is 5.89. The summed E-state index contributed by atoms with van der Waals surface area (Å²) >= 11 is 0. The van der Waals surface area contributed by atoms with Gasteiger partial charge in [0.2, 0.25) is 35.4 Å². The Morgan fingerprint density at radius 1 is 0.217 bits per heavy atom. The Kier molecular flexibility index (Phi) is 62.0. The molecule has 0 saturated carbocycles. The molecule has 6 amide bonds. The van der Waals surface area contributed by atoms with Crippen LogP contribution in [0.1, 0.15) is 194 Å². The van der Waals surface area contributed by atoms with E-state index in [1.807, 2.05) is 0 Å². The highest BCUT2D eigenvalue weighted by atomic mass is 16.7. The number of aliphatic hydroxyl groups excluding tert-OH is 24. The average Bonchev–Trinajstić information content (AvgIpc) is 0.844. The molecular weight excluding hydrogens is 1850 g/mol. The Hall–Kier alpha value is -5.61. The van der Waals surface area contributed by atoms with Crippen LogP contribution in [0.4, 0.5) is 0 Å². The van der Waals surface area contributed by atoms with E-state index >= 15 is 0 Å². The lowest BCUT2D eigenvalue weighted by Crippen LogP contribution is -2.59. The van der Waals surface area contributed by atoms with Gasteiger partial charge in [-0.3, -0.25) is 43.2 Å². The van der Waals surface area contributed by atoms with Crippen molar-refractivity contribution in [2.75, 3.05) is 98.9 Å². The largest absolute Gasteiger partial charge is 0.394 e. The Labute approximate surface area is 799 Å². The minimum atomic E-state index is -1.53. The summed E-state index contributed by atoms with van der Waals surface area (Å²) < 4.78 is 63.9. The maximum atomic E-state index is 12.3. The molecule has 51 nitrogen and oxygen atoms in total. The number of hydrogen-bond acceptors (Lipinski definition) is 45. The molecule has 6 fully saturated rings. The predicted molar refractivity (Wildman–Crippen MR) is 470 cm³/mol. The lowest BCUT2D eigenvalue weighted by atomic mass is 9.99. The first-order valence-electron chi connectivity index (χ1n) is 47.4. The fraction of sp³-hybridized carbons (Fsp3) is 0.897. The second-order valence-corrected chi connectivity index (χ2v) is 34.9. The van der Waals surface area contributed by atoms with Gasteiger partial charge in [-0.15, -0.1) is 0 Å². The average molecular weight is 2010 g/mol. The third-order valence-electron chi connectivity index (χ3n) is 23.8. The SMILES string of the molecule is CC(=O)C(CCCCNC(=O)CCCCOC1OC(CO)C(O)C(O)C1O)NC(=O)CCCCOC1OC(CO)C(O)C(O)C1O.CC(=O)[C@@H](CCCCNC(=O)CCCCOC1OC(CO)C(O)C(O)C1O)NC(=O)CCCCOC1OC(CO)C(O)C(O)C1O.CC(=O)[C@H](CCCCNC(=O)CCCCOC1OC(CO)C(O)C(O)C1O)NC(=O)CCCCOC1OC(CO)C(O)C(O)C1O. The highest BCUT2D eigenvalue weighted by Gasteiger charge is 2.50. The zero-order chi connectivity index (χ0) is 103. The summed E-state index contributed by atoms with van der Waals surface area (Å²) in [7, 11) is 0. The second-order valence-electron chi connectivity index (χ2n) is 34.9. The van der Waals surface area contributed by atoms with E-state index in [-0.39, 0.29) is 131 Å². The topological polar surface area (TPSA) is 822 Å².